The summed E-state index contributed by atoms with van der Waals surface area (Å²) in [5.74, 6) is -3.36. The molecule has 24 heavy (non-hydrogen) atoms. The number of nitriles is 1. The average molecular weight is 340 g/mol. The normalized spacial score (nSPS) is 21.5. The highest BCUT2D eigenvalue weighted by Gasteiger charge is 2.52. The molecule has 0 aliphatic carbocycles. The zero-order valence-electron chi connectivity index (χ0n) is 13.3. The molecule has 2 heterocycles. The van der Waals surface area contributed by atoms with Gasteiger partial charge in [0.25, 0.3) is 0 Å². The summed E-state index contributed by atoms with van der Waals surface area (Å²) in [7, 11) is 1.58. The van der Waals surface area contributed by atoms with Crippen LogP contribution in [0.25, 0.3) is 0 Å². The van der Waals surface area contributed by atoms with E-state index in [4.69, 9.17) is 5.26 Å². The van der Waals surface area contributed by atoms with Gasteiger partial charge in [0.2, 0.25) is 5.91 Å². The van der Waals surface area contributed by atoms with Crippen LogP contribution in [0, 0.1) is 23.2 Å². The topological polar surface area (TPSA) is 60.2 Å². The number of hydrogen-bond donors (Lipinski definition) is 0. The number of amides is 1. The minimum Gasteiger partial charge on any atom is -0.337 e. The molecule has 1 aliphatic heterocycles. The molecule has 2 atom stereocenters. The molecule has 0 N–H and O–H groups in total. The van der Waals surface area contributed by atoms with E-state index in [1.54, 1.807) is 31.6 Å². The number of alkyl halides is 3. The van der Waals surface area contributed by atoms with E-state index in [0.29, 0.717) is 0 Å². The summed E-state index contributed by atoms with van der Waals surface area (Å²) >= 11 is 0. The Kier molecular flexibility index (Phi) is 5.78. The van der Waals surface area contributed by atoms with E-state index in [9.17, 15) is 18.0 Å². The number of carbonyl (C=O) groups is 1. The summed E-state index contributed by atoms with van der Waals surface area (Å²) in [6.45, 7) is 0.145. The Balaban J connectivity index is 2.18. The molecule has 0 saturated carbocycles. The largest absolute Gasteiger partial charge is 0.393 e. The SMILES string of the molecule is CN1CC(C(=O)N(CCC#N)Cc2cccnc2)C(C(F)(F)F)C1. The minimum atomic E-state index is -4.42. The highest BCUT2D eigenvalue weighted by Crippen LogP contribution is 2.38. The average Bonchev–Trinajstić information content (AvgIpc) is 2.94. The standard InChI is InChI=1S/C16H19F3N4O/c1-22-10-13(14(11-22)16(17,18)19)15(24)23(7-3-5-20)9-12-4-2-6-21-8-12/h2,4,6,8,13-14H,3,7,9-11H2,1H3. The van der Waals surface area contributed by atoms with Gasteiger partial charge in [-0.2, -0.15) is 18.4 Å². The molecule has 8 heteroatoms. The van der Waals surface area contributed by atoms with Gasteiger partial charge < -0.3 is 9.80 Å². The number of carbonyl (C=O) groups excluding carboxylic acids is 1. The van der Waals surface area contributed by atoms with E-state index in [-0.39, 0.29) is 32.6 Å². The van der Waals surface area contributed by atoms with E-state index < -0.39 is 23.9 Å². The summed E-state index contributed by atoms with van der Waals surface area (Å²) in [6.07, 6.45) is -1.20. The lowest BCUT2D eigenvalue weighted by Gasteiger charge is -2.28. The van der Waals surface area contributed by atoms with Crippen LogP contribution in [0.1, 0.15) is 12.0 Å². The first-order valence-electron chi connectivity index (χ1n) is 7.63. The van der Waals surface area contributed by atoms with E-state index in [1.165, 1.54) is 9.80 Å². The second-order valence-electron chi connectivity index (χ2n) is 6.00. The molecule has 1 amide bonds. The molecule has 1 fully saturated rings. The molecule has 0 aromatic carbocycles. The van der Waals surface area contributed by atoms with Crippen molar-refractivity contribution >= 4 is 5.91 Å². The number of rotatable bonds is 5. The van der Waals surface area contributed by atoms with Crippen LogP contribution in [0.15, 0.2) is 24.5 Å². The third kappa shape index (κ3) is 4.45. The van der Waals surface area contributed by atoms with Gasteiger partial charge >= 0.3 is 6.18 Å². The number of hydrogen-bond acceptors (Lipinski definition) is 4. The Morgan fingerprint density at radius 1 is 1.50 bits per heavy atom. The van der Waals surface area contributed by atoms with Gasteiger partial charge in [0, 0.05) is 38.6 Å². The van der Waals surface area contributed by atoms with Crippen LogP contribution >= 0.6 is 0 Å². The highest BCUT2D eigenvalue weighted by molar-refractivity contribution is 5.80. The summed E-state index contributed by atoms with van der Waals surface area (Å²) in [5, 5.41) is 8.76. The molecule has 1 aliphatic rings. The van der Waals surface area contributed by atoms with Gasteiger partial charge in [-0.1, -0.05) is 6.07 Å². The quantitative estimate of drug-likeness (QED) is 0.823. The van der Waals surface area contributed by atoms with E-state index in [2.05, 4.69) is 4.98 Å². The molecule has 130 valence electrons. The summed E-state index contributed by atoms with van der Waals surface area (Å²) in [5.41, 5.74) is 0.721. The number of likely N-dealkylation sites (tertiary alicyclic amines) is 1. The number of nitrogens with zero attached hydrogens (tertiary/aromatic N) is 4. The first kappa shape index (κ1) is 18.2. The van der Waals surface area contributed by atoms with Crippen LogP contribution in [-0.2, 0) is 11.3 Å². The summed E-state index contributed by atoms with van der Waals surface area (Å²) in [6, 6.07) is 5.39. The van der Waals surface area contributed by atoms with Crippen molar-refractivity contribution in [3.05, 3.63) is 30.1 Å². The predicted octanol–water partition coefficient (Wildman–Crippen LogP) is 2.06. The maximum atomic E-state index is 13.2. The lowest BCUT2D eigenvalue weighted by molar-refractivity contribution is -0.186. The molecule has 0 bridgehead atoms. The fourth-order valence-electron chi connectivity index (χ4n) is 2.98. The zero-order chi connectivity index (χ0) is 17.7. The molecule has 0 radical (unpaired) electrons. The summed E-state index contributed by atoms with van der Waals surface area (Å²) in [4.78, 5) is 19.5. The molecule has 2 rings (SSSR count). The monoisotopic (exact) mass is 340 g/mol. The second kappa shape index (κ2) is 7.62. The number of aromatic nitrogens is 1. The zero-order valence-corrected chi connectivity index (χ0v) is 13.3. The maximum Gasteiger partial charge on any atom is 0.393 e. The van der Waals surface area contributed by atoms with E-state index in [0.717, 1.165) is 5.56 Å². The molecular formula is C16H19F3N4O. The van der Waals surface area contributed by atoms with Gasteiger partial charge in [0.1, 0.15) is 0 Å². The van der Waals surface area contributed by atoms with Crippen molar-refractivity contribution in [2.45, 2.75) is 19.1 Å². The predicted molar refractivity (Wildman–Crippen MR) is 80.4 cm³/mol. The van der Waals surface area contributed by atoms with Gasteiger partial charge in [-0.25, -0.2) is 0 Å². The molecule has 1 aromatic rings. The second-order valence-corrected chi connectivity index (χ2v) is 6.00. The lowest BCUT2D eigenvalue weighted by atomic mass is 9.93. The van der Waals surface area contributed by atoms with Crippen molar-refractivity contribution in [1.29, 1.82) is 5.26 Å². The molecular weight excluding hydrogens is 321 g/mol. The van der Waals surface area contributed by atoms with Crippen molar-refractivity contribution in [3.8, 4) is 6.07 Å². The van der Waals surface area contributed by atoms with Gasteiger partial charge in [0.15, 0.2) is 0 Å². The van der Waals surface area contributed by atoms with Crippen molar-refractivity contribution in [3.63, 3.8) is 0 Å². The Hall–Kier alpha value is -2.14. The van der Waals surface area contributed by atoms with Crippen molar-refractivity contribution < 1.29 is 18.0 Å². The van der Waals surface area contributed by atoms with Gasteiger partial charge in [0.05, 0.1) is 24.3 Å². The van der Waals surface area contributed by atoms with E-state index >= 15 is 0 Å². The Labute approximate surface area is 138 Å². The Morgan fingerprint density at radius 2 is 2.25 bits per heavy atom. The maximum absolute atomic E-state index is 13.2. The van der Waals surface area contributed by atoms with Crippen LogP contribution in [0.4, 0.5) is 13.2 Å². The first-order chi connectivity index (χ1) is 11.3. The smallest absolute Gasteiger partial charge is 0.337 e. The Morgan fingerprint density at radius 3 is 2.83 bits per heavy atom. The molecule has 1 saturated heterocycles. The Bertz CT molecular complexity index is 600. The van der Waals surface area contributed by atoms with Crippen LogP contribution in [0.5, 0.6) is 0 Å². The minimum absolute atomic E-state index is 0.0686. The molecule has 2 unspecified atom stereocenters. The molecule has 0 spiro atoms. The van der Waals surface area contributed by atoms with Crippen molar-refractivity contribution in [2.75, 3.05) is 26.7 Å². The van der Waals surface area contributed by atoms with Gasteiger partial charge in [-0.15, -0.1) is 0 Å². The molecule has 5 nitrogen and oxygen atoms in total. The van der Waals surface area contributed by atoms with Crippen molar-refractivity contribution in [2.24, 2.45) is 11.8 Å². The fourth-order valence-corrected chi connectivity index (χ4v) is 2.98. The molecule has 1 aromatic heterocycles. The lowest BCUT2D eigenvalue weighted by Crippen LogP contribution is -2.42. The summed E-state index contributed by atoms with van der Waals surface area (Å²) < 4.78 is 39.7. The van der Waals surface area contributed by atoms with Crippen LogP contribution in [0.3, 0.4) is 0 Å². The first-order valence-corrected chi connectivity index (χ1v) is 7.63. The van der Waals surface area contributed by atoms with Crippen LogP contribution in [-0.4, -0.2) is 53.5 Å². The third-order valence-electron chi connectivity index (χ3n) is 4.14. The van der Waals surface area contributed by atoms with Crippen molar-refractivity contribution in [1.82, 2.24) is 14.8 Å². The highest BCUT2D eigenvalue weighted by atomic mass is 19.4. The van der Waals surface area contributed by atoms with E-state index in [1.807, 2.05) is 6.07 Å². The number of pyridine rings is 1. The van der Waals surface area contributed by atoms with Crippen LogP contribution < -0.4 is 0 Å². The van der Waals surface area contributed by atoms with Crippen LogP contribution in [0.2, 0.25) is 0 Å². The third-order valence-corrected chi connectivity index (χ3v) is 4.14. The van der Waals surface area contributed by atoms with Gasteiger partial charge in [-0.3, -0.25) is 9.78 Å². The fraction of sp³-hybridized carbons (Fsp3) is 0.562. The number of halogens is 3. The van der Waals surface area contributed by atoms with Gasteiger partial charge in [-0.05, 0) is 18.7 Å².